The van der Waals surface area contributed by atoms with E-state index in [-0.39, 0.29) is 0 Å². The number of benzene rings is 2. The van der Waals surface area contributed by atoms with Gasteiger partial charge >= 0.3 is 0 Å². The van der Waals surface area contributed by atoms with Crippen molar-refractivity contribution in [3.8, 4) is 0 Å². The molecule has 2 aromatic rings. The van der Waals surface area contributed by atoms with E-state index in [1.165, 1.54) is 29.2 Å². The van der Waals surface area contributed by atoms with Crippen LogP contribution in [0.2, 0.25) is 0 Å². The van der Waals surface area contributed by atoms with E-state index in [2.05, 4.69) is 35.6 Å². The van der Waals surface area contributed by atoms with Crippen LogP contribution in [0.5, 0.6) is 0 Å². The van der Waals surface area contributed by atoms with Gasteiger partial charge in [0.1, 0.15) is 0 Å². The quantitative estimate of drug-likeness (QED) is 0.787. The average molecular weight is 226 g/mol. The van der Waals surface area contributed by atoms with Crippen LogP contribution >= 0.6 is 0 Å². The van der Waals surface area contributed by atoms with E-state index in [0.29, 0.717) is 0 Å². The zero-order valence-corrected chi connectivity index (χ0v) is 9.95. The van der Waals surface area contributed by atoms with Gasteiger partial charge in [-0.05, 0) is 53.8 Å². The Kier molecular flexibility index (Phi) is 2.73. The van der Waals surface area contributed by atoms with Crippen LogP contribution in [0.15, 0.2) is 36.4 Å². The van der Waals surface area contributed by atoms with Gasteiger partial charge < -0.3 is 11.1 Å². The maximum absolute atomic E-state index is 6.08. The van der Waals surface area contributed by atoms with Gasteiger partial charge in [-0.3, -0.25) is 0 Å². The second kappa shape index (κ2) is 4.38. The summed E-state index contributed by atoms with van der Waals surface area (Å²) in [5.74, 6) is 0.914. The first-order valence-corrected chi connectivity index (χ1v) is 6.31. The molecule has 0 aromatic heterocycles. The molecular weight excluding hydrogens is 208 g/mol. The van der Waals surface area contributed by atoms with Crippen molar-refractivity contribution in [2.45, 2.75) is 19.4 Å². The average Bonchev–Trinajstić information content (AvgIpc) is 3.14. The van der Waals surface area contributed by atoms with E-state index in [9.17, 15) is 0 Å². The highest BCUT2D eigenvalue weighted by atomic mass is 14.9. The summed E-state index contributed by atoms with van der Waals surface area (Å²) >= 11 is 0. The maximum Gasteiger partial charge on any atom is 0.0366 e. The fourth-order valence-electron chi connectivity index (χ4n) is 2.19. The number of nitrogens with two attached hydrogens (primary N) is 1. The predicted molar refractivity (Wildman–Crippen MR) is 72.8 cm³/mol. The highest BCUT2D eigenvalue weighted by Crippen LogP contribution is 2.28. The maximum atomic E-state index is 6.08. The molecule has 1 fully saturated rings. The molecule has 0 heterocycles. The van der Waals surface area contributed by atoms with Crippen molar-refractivity contribution >= 4 is 16.5 Å². The van der Waals surface area contributed by atoms with Crippen molar-refractivity contribution in [2.75, 3.05) is 12.3 Å². The zero-order valence-electron chi connectivity index (χ0n) is 9.95. The second-order valence-corrected chi connectivity index (χ2v) is 4.97. The Labute approximate surface area is 102 Å². The van der Waals surface area contributed by atoms with Crippen LogP contribution in [0.25, 0.3) is 10.8 Å². The first kappa shape index (κ1) is 10.6. The SMILES string of the molecule is Nc1cc2ccccc2cc1CNCC1CC1. The lowest BCUT2D eigenvalue weighted by Gasteiger charge is -2.09. The van der Waals surface area contributed by atoms with E-state index in [4.69, 9.17) is 5.73 Å². The number of nitrogens with one attached hydrogen (secondary N) is 1. The number of anilines is 1. The van der Waals surface area contributed by atoms with Crippen LogP contribution in [0, 0.1) is 5.92 Å². The van der Waals surface area contributed by atoms with E-state index in [0.717, 1.165) is 24.7 Å². The van der Waals surface area contributed by atoms with Gasteiger partial charge in [0.2, 0.25) is 0 Å². The van der Waals surface area contributed by atoms with Gasteiger partial charge in [0.05, 0.1) is 0 Å². The van der Waals surface area contributed by atoms with Gasteiger partial charge in [-0.1, -0.05) is 24.3 Å². The van der Waals surface area contributed by atoms with Gasteiger partial charge in [-0.2, -0.15) is 0 Å². The molecule has 2 heteroatoms. The first-order valence-electron chi connectivity index (χ1n) is 6.31. The van der Waals surface area contributed by atoms with Crippen molar-refractivity contribution in [3.63, 3.8) is 0 Å². The number of fused-ring (bicyclic) bond motifs is 1. The first-order chi connectivity index (χ1) is 8.33. The van der Waals surface area contributed by atoms with E-state index >= 15 is 0 Å². The van der Waals surface area contributed by atoms with Gasteiger partial charge in [0.25, 0.3) is 0 Å². The summed E-state index contributed by atoms with van der Waals surface area (Å²) in [4.78, 5) is 0. The molecular formula is C15H18N2. The Morgan fingerprint density at radius 3 is 2.53 bits per heavy atom. The molecule has 2 nitrogen and oxygen atoms in total. The summed E-state index contributed by atoms with van der Waals surface area (Å²) in [6.07, 6.45) is 2.78. The van der Waals surface area contributed by atoms with Crippen LogP contribution in [0.4, 0.5) is 5.69 Å². The van der Waals surface area contributed by atoms with E-state index in [1.807, 2.05) is 6.07 Å². The molecule has 17 heavy (non-hydrogen) atoms. The fourth-order valence-corrected chi connectivity index (χ4v) is 2.19. The van der Waals surface area contributed by atoms with Crippen LogP contribution in [-0.4, -0.2) is 6.54 Å². The largest absolute Gasteiger partial charge is 0.398 e. The molecule has 0 atom stereocenters. The summed E-state index contributed by atoms with van der Waals surface area (Å²) in [5.41, 5.74) is 8.19. The summed E-state index contributed by atoms with van der Waals surface area (Å²) < 4.78 is 0. The normalized spacial score (nSPS) is 15.3. The molecule has 0 unspecified atom stereocenters. The molecule has 0 saturated heterocycles. The zero-order chi connectivity index (χ0) is 11.7. The highest BCUT2D eigenvalue weighted by molar-refractivity contribution is 5.86. The second-order valence-electron chi connectivity index (χ2n) is 4.97. The molecule has 3 rings (SSSR count). The number of hydrogen-bond acceptors (Lipinski definition) is 2. The Morgan fingerprint density at radius 2 is 1.82 bits per heavy atom. The van der Waals surface area contributed by atoms with Crippen molar-refractivity contribution in [1.29, 1.82) is 0 Å². The molecule has 0 bridgehead atoms. The van der Waals surface area contributed by atoms with Gasteiger partial charge in [-0.15, -0.1) is 0 Å². The molecule has 0 aliphatic heterocycles. The third kappa shape index (κ3) is 2.42. The minimum atomic E-state index is 0.882. The predicted octanol–water partition coefficient (Wildman–Crippen LogP) is 2.92. The standard InChI is InChI=1S/C15H18N2/c16-15-8-13-4-2-1-3-12(13)7-14(15)10-17-9-11-5-6-11/h1-4,7-8,11,17H,5-6,9-10,16H2. The minimum Gasteiger partial charge on any atom is -0.398 e. The minimum absolute atomic E-state index is 0.882. The Morgan fingerprint density at radius 1 is 1.12 bits per heavy atom. The Bertz CT molecular complexity index is 529. The third-order valence-corrected chi connectivity index (χ3v) is 3.45. The lowest BCUT2D eigenvalue weighted by atomic mass is 10.1. The molecule has 0 spiro atoms. The lowest BCUT2D eigenvalue weighted by molar-refractivity contribution is 0.640. The van der Waals surface area contributed by atoms with Crippen molar-refractivity contribution in [2.24, 2.45) is 5.92 Å². The third-order valence-electron chi connectivity index (χ3n) is 3.45. The van der Waals surface area contributed by atoms with E-state index < -0.39 is 0 Å². The fraction of sp³-hybridized carbons (Fsp3) is 0.333. The lowest BCUT2D eigenvalue weighted by Crippen LogP contribution is -2.17. The highest BCUT2D eigenvalue weighted by Gasteiger charge is 2.20. The van der Waals surface area contributed by atoms with Gasteiger partial charge in [-0.25, -0.2) is 0 Å². The molecule has 1 saturated carbocycles. The van der Waals surface area contributed by atoms with Crippen molar-refractivity contribution in [1.82, 2.24) is 5.32 Å². The van der Waals surface area contributed by atoms with Gasteiger partial charge in [0, 0.05) is 12.2 Å². The molecule has 1 aliphatic rings. The molecule has 88 valence electrons. The van der Waals surface area contributed by atoms with Crippen molar-refractivity contribution in [3.05, 3.63) is 42.0 Å². The Hall–Kier alpha value is -1.54. The molecule has 2 aromatic carbocycles. The van der Waals surface area contributed by atoms with Gasteiger partial charge in [0.15, 0.2) is 0 Å². The smallest absolute Gasteiger partial charge is 0.0366 e. The summed E-state index contributed by atoms with van der Waals surface area (Å²) in [6.45, 7) is 2.01. The van der Waals surface area contributed by atoms with Crippen LogP contribution in [0.3, 0.4) is 0 Å². The molecule has 0 radical (unpaired) electrons. The molecule has 0 amide bonds. The number of hydrogen-bond donors (Lipinski definition) is 2. The monoisotopic (exact) mass is 226 g/mol. The van der Waals surface area contributed by atoms with Crippen LogP contribution in [-0.2, 0) is 6.54 Å². The van der Waals surface area contributed by atoms with Crippen molar-refractivity contribution < 1.29 is 0 Å². The molecule has 3 N–H and O–H groups in total. The van der Waals surface area contributed by atoms with Crippen LogP contribution in [0.1, 0.15) is 18.4 Å². The Balaban J connectivity index is 1.79. The van der Waals surface area contributed by atoms with Crippen LogP contribution < -0.4 is 11.1 Å². The summed E-state index contributed by atoms with van der Waals surface area (Å²) in [6, 6.07) is 12.6. The summed E-state index contributed by atoms with van der Waals surface area (Å²) in [5, 5.41) is 5.98. The molecule has 1 aliphatic carbocycles. The summed E-state index contributed by atoms with van der Waals surface area (Å²) in [7, 11) is 0. The topological polar surface area (TPSA) is 38.0 Å². The van der Waals surface area contributed by atoms with E-state index in [1.54, 1.807) is 0 Å². The number of nitrogen functional groups attached to an aromatic ring is 1. The number of rotatable bonds is 4.